The fourth-order valence-corrected chi connectivity index (χ4v) is 0.750. The van der Waals surface area contributed by atoms with Crippen molar-refractivity contribution < 1.29 is 4.74 Å². The van der Waals surface area contributed by atoms with Gasteiger partial charge >= 0.3 is 0 Å². The number of rotatable bonds is 1. The second-order valence-corrected chi connectivity index (χ2v) is 2.11. The number of hydrogen-bond donors (Lipinski definition) is 1. The van der Waals surface area contributed by atoms with Crippen LogP contribution in [0, 0.1) is 6.92 Å². The first-order chi connectivity index (χ1) is 5.74. The minimum absolute atomic E-state index is 0.491. The van der Waals surface area contributed by atoms with Crippen LogP contribution in [-0.2, 0) is 0 Å². The van der Waals surface area contributed by atoms with Gasteiger partial charge in [-0.05, 0) is 18.6 Å². The van der Waals surface area contributed by atoms with Gasteiger partial charge in [-0.3, -0.25) is 0 Å². The average Bonchev–Trinajstić information content (AvgIpc) is 2.08. The summed E-state index contributed by atoms with van der Waals surface area (Å²) in [6, 6.07) is 1.83. The summed E-state index contributed by atoms with van der Waals surface area (Å²) >= 11 is 0. The number of ether oxygens (including phenoxy) is 1. The first-order valence-corrected chi connectivity index (χ1v) is 4.00. The monoisotopic (exact) mass is 168 g/mol. The molecule has 0 spiro atoms. The second-order valence-electron chi connectivity index (χ2n) is 2.11. The van der Waals surface area contributed by atoms with Gasteiger partial charge in [-0.25, -0.2) is 4.98 Å². The fraction of sp³-hybridized carbons (Fsp3) is 0.444. The Balaban J connectivity index is 0.000000561. The van der Waals surface area contributed by atoms with Crippen molar-refractivity contribution in [1.82, 2.24) is 4.98 Å². The molecular weight excluding hydrogens is 152 g/mol. The third-order valence-corrected chi connectivity index (χ3v) is 1.21. The van der Waals surface area contributed by atoms with E-state index in [0.717, 1.165) is 5.56 Å². The van der Waals surface area contributed by atoms with Crippen LogP contribution in [0.5, 0.6) is 5.88 Å². The van der Waals surface area contributed by atoms with Gasteiger partial charge in [0.15, 0.2) is 0 Å². The zero-order chi connectivity index (χ0) is 9.56. The van der Waals surface area contributed by atoms with Crippen molar-refractivity contribution in [2.75, 3.05) is 12.8 Å². The summed E-state index contributed by atoms with van der Waals surface area (Å²) in [6.07, 6.45) is 1.72. The summed E-state index contributed by atoms with van der Waals surface area (Å²) in [5.41, 5.74) is 7.17. The molecule has 68 valence electrons. The molecule has 0 aliphatic rings. The number of methoxy groups -OCH3 is 1. The Bertz CT molecular complexity index is 236. The molecule has 0 atom stereocenters. The molecule has 1 aromatic rings. The Morgan fingerprint density at radius 1 is 1.42 bits per heavy atom. The highest BCUT2D eigenvalue weighted by atomic mass is 16.5. The van der Waals surface area contributed by atoms with E-state index in [2.05, 4.69) is 4.98 Å². The number of aryl methyl sites for hydroxylation is 1. The Hall–Kier alpha value is -1.25. The molecule has 0 aromatic carbocycles. The van der Waals surface area contributed by atoms with Crippen molar-refractivity contribution in [3.8, 4) is 5.88 Å². The smallest absolute Gasteiger partial charge is 0.236 e. The molecule has 12 heavy (non-hydrogen) atoms. The van der Waals surface area contributed by atoms with Gasteiger partial charge in [-0.2, -0.15) is 0 Å². The third-order valence-electron chi connectivity index (χ3n) is 1.21. The van der Waals surface area contributed by atoms with Crippen LogP contribution in [0.3, 0.4) is 0 Å². The number of nitrogen functional groups attached to an aromatic ring is 1. The van der Waals surface area contributed by atoms with Gasteiger partial charge in [-0.15, -0.1) is 0 Å². The Kier molecular flexibility index (Phi) is 4.84. The number of nitrogens with zero attached hydrogens (tertiary/aromatic N) is 1. The number of nitrogens with two attached hydrogens (primary N) is 1. The molecule has 0 fully saturated rings. The average molecular weight is 168 g/mol. The fourth-order valence-electron chi connectivity index (χ4n) is 0.750. The minimum Gasteiger partial charge on any atom is -0.480 e. The van der Waals surface area contributed by atoms with Gasteiger partial charge in [-0.1, -0.05) is 13.8 Å². The predicted octanol–water partition coefficient (Wildman–Crippen LogP) is 2.01. The largest absolute Gasteiger partial charge is 0.480 e. The van der Waals surface area contributed by atoms with E-state index >= 15 is 0 Å². The molecule has 0 unspecified atom stereocenters. The van der Waals surface area contributed by atoms with E-state index in [1.54, 1.807) is 13.3 Å². The highest BCUT2D eigenvalue weighted by Crippen LogP contribution is 2.16. The van der Waals surface area contributed by atoms with Gasteiger partial charge in [0.1, 0.15) is 0 Å². The lowest BCUT2D eigenvalue weighted by atomic mass is 10.3. The maximum absolute atomic E-state index is 5.54. The van der Waals surface area contributed by atoms with Crippen LogP contribution < -0.4 is 10.5 Å². The molecule has 1 aromatic heterocycles. The van der Waals surface area contributed by atoms with Gasteiger partial charge in [0.25, 0.3) is 0 Å². The second kappa shape index (κ2) is 5.41. The SMILES string of the molecule is CC.COc1ncc(C)cc1N. The maximum Gasteiger partial charge on any atom is 0.236 e. The van der Waals surface area contributed by atoms with Crippen molar-refractivity contribution in [3.05, 3.63) is 17.8 Å². The summed E-state index contributed by atoms with van der Waals surface area (Å²) in [5.74, 6) is 0.491. The van der Waals surface area contributed by atoms with E-state index in [1.807, 2.05) is 26.8 Å². The van der Waals surface area contributed by atoms with Crippen LogP contribution in [0.25, 0.3) is 0 Å². The summed E-state index contributed by atoms with van der Waals surface area (Å²) in [4.78, 5) is 3.95. The highest BCUT2D eigenvalue weighted by Gasteiger charge is 1.97. The zero-order valence-corrected chi connectivity index (χ0v) is 8.09. The first kappa shape index (κ1) is 10.8. The first-order valence-electron chi connectivity index (χ1n) is 4.00. The molecule has 0 saturated heterocycles. The number of pyridine rings is 1. The van der Waals surface area contributed by atoms with Crippen LogP contribution >= 0.6 is 0 Å². The standard InChI is InChI=1S/C7H10N2O.C2H6/c1-5-3-6(8)7(10-2)9-4-5;1-2/h3-4H,8H2,1-2H3;1-2H3. The Morgan fingerprint density at radius 2 is 2.00 bits per heavy atom. The minimum atomic E-state index is 0.491. The summed E-state index contributed by atoms with van der Waals surface area (Å²) < 4.78 is 4.86. The predicted molar refractivity (Wildman–Crippen MR) is 51.3 cm³/mol. The van der Waals surface area contributed by atoms with Gasteiger partial charge in [0, 0.05) is 6.20 Å². The lowest BCUT2D eigenvalue weighted by Crippen LogP contribution is -1.95. The summed E-state index contributed by atoms with van der Waals surface area (Å²) in [6.45, 7) is 5.93. The normalized spacial score (nSPS) is 8.33. The van der Waals surface area contributed by atoms with E-state index in [0.29, 0.717) is 11.6 Å². The van der Waals surface area contributed by atoms with E-state index in [1.165, 1.54) is 0 Å². The van der Waals surface area contributed by atoms with E-state index < -0.39 is 0 Å². The van der Waals surface area contributed by atoms with Crippen molar-refractivity contribution in [1.29, 1.82) is 0 Å². The Morgan fingerprint density at radius 3 is 2.42 bits per heavy atom. The maximum atomic E-state index is 5.54. The number of hydrogen-bond acceptors (Lipinski definition) is 3. The molecule has 1 rings (SSSR count). The van der Waals surface area contributed by atoms with Gasteiger partial charge in [0.2, 0.25) is 5.88 Å². The lowest BCUT2D eigenvalue weighted by Gasteiger charge is -2.01. The third kappa shape index (κ3) is 2.78. The van der Waals surface area contributed by atoms with Crippen molar-refractivity contribution >= 4 is 5.69 Å². The van der Waals surface area contributed by atoms with Crippen molar-refractivity contribution in [2.45, 2.75) is 20.8 Å². The van der Waals surface area contributed by atoms with Crippen LogP contribution in [0.2, 0.25) is 0 Å². The topological polar surface area (TPSA) is 48.1 Å². The van der Waals surface area contributed by atoms with E-state index in [4.69, 9.17) is 10.5 Å². The van der Waals surface area contributed by atoms with Crippen LogP contribution in [0.1, 0.15) is 19.4 Å². The molecule has 0 aliphatic carbocycles. The molecule has 3 heteroatoms. The van der Waals surface area contributed by atoms with Gasteiger partial charge in [0.05, 0.1) is 12.8 Å². The molecule has 0 amide bonds. The quantitative estimate of drug-likeness (QED) is 0.697. The highest BCUT2D eigenvalue weighted by molar-refractivity contribution is 5.48. The molecule has 0 radical (unpaired) electrons. The Labute approximate surface area is 73.6 Å². The van der Waals surface area contributed by atoms with Crippen molar-refractivity contribution in [3.63, 3.8) is 0 Å². The summed E-state index contributed by atoms with van der Waals surface area (Å²) in [5, 5.41) is 0. The lowest BCUT2D eigenvalue weighted by molar-refractivity contribution is 0.400. The van der Waals surface area contributed by atoms with E-state index in [-0.39, 0.29) is 0 Å². The molecule has 2 N–H and O–H groups in total. The summed E-state index contributed by atoms with van der Waals surface area (Å²) in [7, 11) is 1.55. The van der Waals surface area contributed by atoms with Crippen LogP contribution in [-0.4, -0.2) is 12.1 Å². The molecule has 3 nitrogen and oxygen atoms in total. The van der Waals surface area contributed by atoms with Crippen LogP contribution in [0.4, 0.5) is 5.69 Å². The number of aromatic nitrogens is 1. The molecule has 0 bridgehead atoms. The van der Waals surface area contributed by atoms with E-state index in [9.17, 15) is 0 Å². The van der Waals surface area contributed by atoms with Crippen molar-refractivity contribution in [2.24, 2.45) is 0 Å². The molecule has 0 aliphatic heterocycles. The molecular formula is C9H16N2O. The molecule has 0 saturated carbocycles. The molecule has 1 heterocycles. The van der Waals surface area contributed by atoms with Gasteiger partial charge < -0.3 is 10.5 Å². The number of anilines is 1. The zero-order valence-electron chi connectivity index (χ0n) is 8.09. The van der Waals surface area contributed by atoms with Crippen LogP contribution in [0.15, 0.2) is 12.3 Å².